The zero-order valence-corrected chi connectivity index (χ0v) is 26.0. The summed E-state index contributed by atoms with van der Waals surface area (Å²) in [5.74, 6) is 0. The third kappa shape index (κ3) is 1.04. The molecule has 4 aromatic heterocycles. The quantitative estimate of drug-likeness (QED) is 0.171. The third-order valence-corrected chi connectivity index (χ3v) is 86.4. The Morgan fingerprint density at radius 1 is 0.382 bits per heavy atom. The largest absolute Gasteiger partial charge is 0 e. The minimum atomic E-state index is -8.06. The van der Waals surface area contributed by atoms with Gasteiger partial charge < -0.3 is 0 Å². The normalized spacial score (nSPS) is 24.9. The van der Waals surface area contributed by atoms with Gasteiger partial charge in [-0.1, -0.05) is 0 Å². The van der Waals surface area contributed by atoms with E-state index < -0.39 is 6.32 Å². The molecule has 0 atom stereocenters. The maximum Gasteiger partial charge on any atom is 0 e. The van der Waals surface area contributed by atoms with E-state index in [0.29, 0.717) is 0 Å². The number of nitrogens with zero attached hydrogens (tertiary/aromatic N) is 4. The maximum atomic E-state index is 2.67. The van der Waals surface area contributed by atoms with E-state index in [0.717, 1.165) is 20.1 Å². The maximum absolute atomic E-state index is 8.06. The van der Waals surface area contributed by atoms with Crippen molar-refractivity contribution in [2.24, 2.45) is 0 Å². The first-order valence-electron chi connectivity index (χ1n) is 11.9. The summed E-state index contributed by atoms with van der Waals surface area (Å²) in [4.78, 5) is 0. The predicted molar refractivity (Wildman–Crippen MR) is 145 cm³/mol. The van der Waals surface area contributed by atoms with Crippen LogP contribution in [-0.2, 0) is 25.8 Å². The molecule has 4 heterocycles. The summed E-state index contributed by atoms with van der Waals surface area (Å²) >= 11 is 0. The molecule has 196 valence electrons. The van der Waals surface area contributed by atoms with Crippen LogP contribution in [0.5, 0.6) is 0 Å². The average Bonchev–Trinajstić information content (AvgIpc) is 3.65. The zero-order chi connectivity index (χ0) is 24.7. The first kappa shape index (κ1) is 27.0. The molecule has 0 radical (unpaired) electrons. The van der Waals surface area contributed by atoms with E-state index in [9.17, 15) is 0 Å². The summed E-state index contributed by atoms with van der Waals surface area (Å²) in [5.41, 5.74) is 10.7. The van der Waals surface area contributed by atoms with Crippen molar-refractivity contribution in [2.45, 2.75) is 69.8 Å². The van der Waals surface area contributed by atoms with Gasteiger partial charge in [-0.2, -0.15) is 0 Å². The average molecular weight is 643 g/mol. The summed E-state index contributed by atoms with van der Waals surface area (Å²) in [6, 6.07) is 17.5. The van der Waals surface area contributed by atoms with Gasteiger partial charge in [0, 0.05) is 19.5 Å². The van der Waals surface area contributed by atoms with Crippen molar-refractivity contribution in [1.82, 2.24) is 13.2 Å². The fourth-order valence-electron chi connectivity index (χ4n) is 8.37. The second-order valence-corrected chi connectivity index (χ2v) is 84.1. The van der Waals surface area contributed by atoms with E-state index in [1.54, 1.807) is 0 Å². The van der Waals surface area contributed by atoms with Gasteiger partial charge in [-0.15, -0.1) is 0 Å². The van der Waals surface area contributed by atoms with Gasteiger partial charge in [0.2, 0.25) is 0 Å². The van der Waals surface area contributed by atoms with Crippen LogP contribution in [0.1, 0.15) is 27.7 Å². The van der Waals surface area contributed by atoms with Crippen LogP contribution in [0.3, 0.4) is 0 Å². The van der Waals surface area contributed by atoms with E-state index >= 15 is 0 Å². The van der Waals surface area contributed by atoms with E-state index in [-0.39, 0.29) is 19.5 Å². The number of hydrogen-bond donors (Lipinski definition) is 0. The van der Waals surface area contributed by atoms with Gasteiger partial charge in [-0.3, -0.25) is 0 Å². The molecule has 0 bridgehead atoms. The monoisotopic (exact) mass is 644 g/mol. The van der Waals surface area contributed by atoms with Crippen molar-refractivity contribution >= 4 is 0 Å². The molecular weight excluding hydrogens is 594 g/mol. The summed E-state index contributed by atoms with van der Waals surface area (Å²) in [5, 5.41) is 3.02. The topological polar surface area (TPSA) is 19.7 Å². The standard InChI is InChI=1S/4C4H4N.4C2H5.4CH3.2Ru/c4*1-2-4-5-3-1;4*1-2;;;;;;/h4*1-4H;4*1H2,2H3;4*1H3;;/q4*-1;;;;;;;;;;+4. The van der Waals surface area contributed by atoms with Crippen molar-refractivity contribution in [2.75, 3.05) is 0 Å². The molecular formula is C28H48N4Ru2. The Kier molecular flexibility index (Phi) is 2.47. The summed E-state index contributed by atoms with van der Waals surface area (Å²) in [6.45, 7) is 9.68. The van der Waals surface area contributed by atoms with Crippen LogP contribution in [0.15, 0.2) is 98.1 Å². The first-order valence-corrected chi connectivity index (χ1v) is 26.9. The Balaban J connectivity index is 0.00000324. The SMILES string of the molecule is C[CH2][Ru]([CH3])([CH3])([CH3])([CH3])([CH2]C)([CH2]C)([CH2]C)([n]1cccc1)([n]1cccc1)([n]1cccc1)[n]1cccc1.[Ru]. The van der Waals surface area contributed by atoms with Crippen LogP contribution in [0.25, 0.3) is 0 Å². The molecule has 0 unspecified atom stereocenters. The Bertz CT molecular complexity index is 1450. The molecule has 0 fully saturated rings. The third-order valence-electron chi connectivity index (χ3n) is 16.1. The minimum absolute atomic E-state index is 0. The molecule has 4 aromatic rings. The Morgan fingerprint density at radius 3 is 0.647 bits per heavy atom. The van der Waals surface area contributed by atoms with Crippen LogP contribution in [0, 0.1) is 0 Å². The smallest absolute Gasteiger partial charge is 0 e. The minimum Gasteiger partial charge on any atom is 0 e. The van der Waals surface area contributed by atoms with E-state index in [1.165, 1.54) is 0 Å². The molecule has 0 spiro atoms. The second kappa shape index (κ2) is 3.11. The molecule has 4 rings (SSSR count). The van der Waals surface area contributed by atoms with E-state index in [4.69, 9.17) is 0 Å². The van der Waals surface area contributed by atoms with Crippen molar-refractivity contribution in [1.29, 1.82) is 0 Å². The summed E-state index contributed by atoms with van der Waals surface area (Å²) in [6.07, 6.45) is 10.6. The van der Waals surface area contributed by atoms with Gasteiger partial charge in [0.05, 0.1) is 0 Å². The van der Waals surface area contributed by atoms with Crippen LogP contribution < -0.4 is 0 Å². The van der Waals surface area contributed by atoms with Crippen molar-refractivity contribution in [3.8, 4) is 0 Å². The number of aromatic nitrogens is 4. The molecule has 0 aliphatic rings. The number of rotatable bonds is 8. The molecule has 0 aliphatic heterocycles. The van der Waals surface area contributed by atoms with Crippen LogP contribution in [0.4, 0.5) is 0 Å². The van der Waals surface area contributed by atoms with Gasteiger partial charge in [0.1, 0.15) is 0 Å². The van der Waals surface area contributed by atoms with E-state index in [1.807, 2.05) is 0 Å². The second-order valence-electron chi connectivity index (χ2n) is 17.0. The van der Waals surface area contributed by atoms with Crippen molar-refractivity contribution in [3.05, 3.63) is 98.1 Å². The molecule has 6 heteroatoms. The fraction of sp³-hybridized carbons (Fsp3) is 0.429. The van der Waals surface area contributed by atoms with Crippen LogP contribution >= 0.6 is 0 Å². The fourth-order valence-corrected chi connectivity index (χ4v) is 44.7. The van der Waals surface area contributed by atoms with Crippen LogP contribution in [0.2, 0.25) is 42.1 Å². The van der Waals surface area contributed by atoms with Gasteiger partial charge >= 0.3 is 187 Å². The predicted octanol–water partition coefficient (Wildman–Crippen LogP) is 9.43. The molecule has 0 saturated carbocycles. The molecule has 0 amide bonds. The molecule has 0 aliphatic carbocycles. The van der Waals surface area contributed by atoms with Gasteiger partial charge in [-0.25, -0.2) is 0 Å². The molecule has 0 N–H and O–H groups in total. The zero-order valence-electron chi connectivity index (χ0n) is 22.6. The molecule has 34 heavy (non-hydrogen) atoms. The van der Waals surface area contributed by atoms with Crippen LogP contribution in [-0.4, -0.2) is 13.2 Å². The Labute approximate surface area is 206 Å². The van der Waals surface area contributed by atoms with E-state index in [2.05, 4.69) is 161 Å². The van der Waals surface area contributed by atoms with Crippen molar-refractivity contribution < 1.29 is 25.8 Å². The van der Waals surface area contributed by atoms with Gasteiger partial charge in [-0.05, 0) is 0 Å². The van der Waals surface area contributed by atoms with Gasteiger partial charge in [0.15, 0.2) is 0 Å². The molecule has 0 aromatic carbocycles. The molecule has 4 nitrogen and oxygen atoms in total. The Hall–Kier alpha value is -1.63. The molecule has 0 saturated heterocycles. The van der Waals surface area contributed by atoms with Gasteiger partial charge in [0.25, 0.3) is 0 Å². The summed E-state index contributed by atoms with van der Waals surface area (Å²) in [7, 11) is 0. The Morgan fingerprint density at radius 2 is 0.529 bits per heavy atom. The first-order chi connectivity index (χ1) is 14.7. The number of hydrogen-bond acceptors (Lipinski definition) is 0. The van der Waals surface area contributed by atoms with Crippen molar-refractivity contribution in [3.63, 3.8) is 0 Å². The summed E-state index contributed by atoms with van der Waals surface area (Å²) < 4.78 is 10.7.